The summed E-state index contributed by atoms with van der Waals surface area (Å²) in [5.74, 6) is 0.875. The zero-order valence-corrected chi connectivity index (χ0v) is 18.4. The van der Waals surface area contributed by atoms with Crippen LogP contribution in [0.2, 0.25) is 0 Å². The van der Waals surface area contributed by atoms with Crippen LogP contribution in [0.3, 0.4) is 0 Å². The normalized spacial score (nSPS) is 32.8. The molecule has 4 heterocycles. The van der Waals surface area contributed by atoms with Crippen molar-refractivity contribution in [3.05, 3.63) is 0 Å². The quantitative estimate of drug-likeness (QED) is 0.600. The van der Waals surface area contributed by atoms with Gasteiger partial charge in [-0.2, -0.15) is 0 Å². The maximum atomic E-state index is 13.1. The predicted octanol–water partition coefficient (Wildman–Crippen LogP) is 1.66. The fourth-order valence-corrected chi connectivity index (χ4v) is 5.68. The summed E-state index contributed by atoms with van der Waals surface area (Å²) < 4.78 is 29.0. The first kappa shape index (κ1) is 21.2. The molecule has 9 heteroatoms. The zero-order valence-electron chi connectivity index (χ0n) is 17.6. The third-order valence-corrected chi connectivity index (χ3v) is 8.00. The van der Waals surface area contributed by atoms with Crippen LogP contribution in [-0.2, 0) is 14.6 Å². The SMILES string of the molecule is CC1[C@@H]2CN(C(=O)N3CCS(=O)(=O)CC3)CC([C@H]1C)N(C(=O)OC(C)(C)C)C2. The number of carbonyl (C=O) groups excluding carboxylic acids is 2. The van der Waals surface area contributed by atoms with Crippen molar-refractivity contribution >= 4 is 22.0 Å². The summed E-state index contributed by atoms with van der Waals surface area (Å²) >= 11 is 0. The van der Waals surface area contributed by atoms with Gasteiger partial charge in [0.15, 0.2) is 9.84 Å². The van der Waals surface area contributed by atoms with Crippen molar-refractivity contribution < 1.29 is 22.7 Å². The molecule has 4 saturated heterocycles. The molecular weight excluding hydrogens is 382 g/mol. The first-order valence-corrected chi connectivity index (χ1v) is 11.9. The summed E-state index contributed by atoms with van der Waals surface area (Å²) in [6.45, 7) is 12.0. The lowest BCUT2D eigenvalue weighted by Gasteiger charge is -2.44. The Morgan fingerprint density at radius 3 is 2.11 bits per heavy atom. The molecule has 0 N–H and O–H groups in total. The molecule has 4 aliphatic rings. The molecular formula is C19H33N3O5S. The van der Waals surface area contributed by atoms with Crippen molar-refractivity contribution in [2.24, 2.45) is 17.8 Å². The average molecular weight is 416 g/mol. The minimum absolute atomic E-state index is 0.0241. The van der Waals surface area contributed by atoms with E-state index in [0.29, 0.717) is 25.6 Å². The second-order valence-corrected chi connectivity index (χ2v) is 11.8. The van der Waals surface area contributed by atoms with Gasteiger partial charge in [-0.25, -0.2) is 18.0 Å². The van der Waals surface area contributed by atoms with Gasteiger partial charge < -0.3 is 19.4 Å². The van der Waals surface area contributed by atoms with Gasteiger partial charge in [0.05, 0.1) is 17.5 Å². The molecule has 4 aliphatic heterocycles. The second-order valence-electron chi connectivity index (χ2n) is 9.50. The van der Waals surface area contributed by atoms with Crippen LogP contribution in [0.25, 0.3) is 0 Å². The summed E-state index contributed by atoms with van der Waals surface area (Å²) in [7, 11) is -3.03. The fourth-order valence-electron chi connectivity index (χ4n) is 4.48. The van der Waals surface area contributed by atoms with Gasteiger partial charge >= 0.3 is 12.1 Å². The van der Waals surface area contributed by atoms with Crippen LogP contribution >= 0.6 is 0 Å². The Bertz CT molecular complexity index is 718. The van der Waals surface area contributed by atoms with Gasteiger partial charge in [-0.15, -0.1) is 0 Å². The van der Waals surface area contributed by atoms with E-state index in [1.807, 2.05) is 25.7 Å². The molecule has 0 aromatic heterocycles. The lowest BCUT2D eigenvalue weighted by Crippen LogP contribution is -2.55. The third-order valence-electron chi connectivity index (χ3n) is 6.39. The number of rotatable bonds is 0. The van der Waals surface area contributed by atoms with Crippen LogP contribution in [0.1, 0.15) is 34.6 Å². The molecule has 2 bridgehead atoms. The van der Waals surface area contributed by atoms with Crippen molar-refractivity contribution in [1.29, 1.82) is 0 Å². The Kier molecular flexibility index (Phi) is 5.59. The number of urea groups is 1. The molecule has 4 rings (SSSR count). The number of hydrogen-bond acceptors (Lipinski definition) is 5. The average Bonchev–Trinajstić information content (AvgIpc) is 2.84. The van der Waals surface area contributed by atoms with E-state index in [1.165, 1.54) is 0 Å². The lowest BCUT2D eigenvalue weighted by atomic mass is 9.77. The number of hydrogen-bond donors (Lipinski definition) is 0. The number of nitrogens with zero attached hydrogens (tertiary/aromatic N) is 3. The largest absolute Gasteiger partial charge is 0.444 e. The molecule has 0 saturated carbocycles. The fraction of sp³-hybridized carbons (Fsp3) is 0.895. The van der Waals surface area contributed by atoms with Crippen LogP contribution < -0.4 is 0 Å². The zero-order chi connectivity index (χ0) is 20.9. The molecule has 3 amide bonds. The number of fused-ring (bicyclic) bond motifs is 4. The van der Waals surface area contributed by atoms with Crippen LogP contribution in [0, 0.1) is 17.8 Å². The van der Waals surface area contributed by atoms with Gasteiger partial charge in [-0.1, -0.05) is 13.8 Å². The molecule has 0 aromatic carbocycles. The van der Waals surface area contributed by atoms with Crippen LogP contribution in [0.4, 0.5) is 9.59 Å². The lowest BCUT2D eigenvalue weighted by molar-refractivity contribution is -0.0126. The Morgan fingerprint density at radius 1 is 0.929 bits per heavy atom. The van der Waals surface area contributed by atoms with E-state index in [0.717, 1.165) is 0 Å². The summed E-state index contributed by atoms with van der Waals surface area (Å²) in [4.78, 5) is 31.1. The number of sulfone groups is 1. The van der Waals surface area contributed by atoms with Crippen LogP contribution in [0.5, 0.6) is 0 Å². The smallest absolute Gasteiger partial charge is 0.410 e. The van der Waals surface area contributed by atoms with Gasteiger partial charge in [-0.05, 0) is 38.5 Å². The number of carbonyl (C=O) groups is 2. The highest BCUT2D eigenvalue weighted by atomic mass is 32.2. The minimum atomic E-state index is -3.03. The summed E-state index contributed by atoms with van der Waals surface area (Å²) in [6.07, 6.45) is -0.320. The first-order chi connectivity index (χ1) is 12.9. The topological polar surface area (TPSA) is 87.2 Å². The van der Waals surface area contributed by atoms with Gasteiger partial charge in [0, 0.05) is 32.7 Å². The van der Waals surface area contributed by atoms with Gasteiger partial charge in [0.25, 0.3) is 0 Å². The Hall–Kier alpha value is -1.51. The van der Waals surface area contributed by atoms with E-state index in [9.17, 15) is 18.0 Å². The number of piperidine rings is 1. The monoisotopic (exact) mass is 415 g/mol. The Balaban J connectivity index is 1.76. The summed E-state index contributed by atoms with van der Waals surface area (Å²) in [5.41, 5.74) is -0.563. The van der Waals surface area contributed by atoms with Gasteiger partial charge in [-0.3, -0.25) is 0 Å². The molecule has 0 aromatic rings. The van der Waals surface area contributed by atoms with Crippen molar-refractivity contribution in [2.75, 3.05) is 44.2 Å². The highest BCUT2D eigenvalue weighted by Crippen LogP contribution is 2.38. The van der Waals surface area contributed by atoms with Crippen molar-refractivity contribution in [3.63, 3.8) is 0 Å². The van der Waals surface area contributed by atoms with E-state index in [1.54, 1.807) is 9.80 Å². The molecule has 0 radical (unpaired) electrons. The molecule has 4 fully saturated rings. The van der Waals surface area contributed by atoms with Crippen molar-refractivity contribution in [1.82, 2.24) is 14.7 Å². The molecule has 160 valence electrons. The van der Waals surface area contributed by atoms with Gasteiger partial charge in [0.1, 0.15) is 5.60 Å². The second kappa shape index (κ2) is 7.39. The first-order valence-electron chi connectivity index (χ1n) is 10.1. The van der Waals surface area contributed by atoms with Crippen molar-refractivity contribution in [2.45, 2.75) is 46.3 Å². The minimum Gasteiger partial charge on any atom is -0.444 e. The summed E-state index contributed by atoms with van der Waals surface area (Å²) in [6, 6.07) is -0.210. The Labute approximate surface area is 168 Å². The van der Waals surface area contributed by atoms with Crippen molar-refractivity contribution in [3.8, 4) is 0 Å². The predicted molar refractivity (Wildman–Crippen MR) is 106 cm³/mol. The standard InChI is InChI=1S/C19H33N3O5S/c1-13-14(2)16-12-21(17(23)20-6-8-28(25,26)9-7-20)10-15(13)11-22(16)18(24)27-19(3,4)5/h13-16H,6-12H2,1-5H3/t13?,14-,15+,16?/m0/s1. The maximum absolute atomic E-state index is 13.1. The van der Waals surface area contributed by atoms with Crippen LogP contribution in [0.15, 0.2) is 0 Å². The third kappa shape index (κ3) is 4.39. The van der Waals surface area contributed by atoms with E-state index < -0.39 is 15.4 Å². The molecule has 8 nitrogen and oxygen atoms in total. The maximum Gasteiger partial charge on any atom is 0.410 e. The Morgan fingerprint density at radius 2 is 1.54 bits per heavy atom. The van der Waals surface area contributed by atoms with E-state index in [-0.39, 0.29) is 54.6 Å². The molecule has 28 heavy (non-hydrogen) atoms. The molecule has 2 unspecified atom stereocenters. The number of ether oxygens (including phenoxy) is 1. The number of amides is 3. The summed E-state index contributed by atoms with van der Waals surface area (Å²) in [5, 5.41) is 0. The molecule has 4 atom stereocenters. The highest BCUT2D eigenvalue weighted by Gasteiger charge is 2.48. The van der Waals surface area contributed by atoms with E-state index in [4.69, 9.17) is 4.74 Å². The molecule has 0 spiro atoms. The van der Waals surface area contributed by atoms with Crippen LogP contribution in [-0.4, -0.2) is 91.1 Å². The molecule has 0 aliphatic carbocycles. The highest BCUT2D eigenvalue weighted by molar-refractivity contribution is 7.91. The van der Waals surface area contributed by atoms with Gasteiger partial charge in [0.2, 0.25) is 0 Å². The van der Waals surface area contributed by atoms with E-state index >= 15 is 0 Å². The van der Waals surface area contributed by atoms with E-state index in [2.05, 4.69) is 13.8 Å².